The number of amidine groups is 1. The molecule has 2 heterocycles. The van der Waals surface area contributed by atoms with E-state index in [-0.39, 0.29) is 17.5 Å². The van der Waals surface area contributed by atoms with Crippen molar-refractivity contribution in [1.29, 1.82) is 0 Å². The number of rotatable bonds is 3. The summed E-state index contributed by atoms with van der Waals surface area (Å²) in [6.45, 7) is 1.95. The first kappa shape index (κ1) is 10.6. The Balaban J connectivity index is 2.41. The second-order valence-electron chi connectivity index (χ2n) is 3.17. The van der Waals surface area contributed by atoms with Gasteiger partial charge < -0.3 is 9.72 Å². The minimum atomic E-state index is -0.350. The molecule has 0 bridgehead atoms. The lowest BCUT2D eigenvalue weighted by molar-refractivity contribution is 0.0363. The van der Waals surface area contributed by atoms with Gasteiger partial charge in [0.25, 0.3) is 5.56 Å². The van der Waals surface area contributed by atoms with Gasteiger partial charge in [0.15, 0.2) is 17.8 Å². The molecule has 0 saturated carbocycles. The lowest BCUT2D eigenvalue weighted by Crippen LogP contribution is -2.24. The number of hydroxylamine groups is 1. The maximum Gasteiger partial charge on any atom is 0.293 e. The van der Waals surface area contributed by atoms with Crippen molar-refractivity contribution in [2.45, 2.75) is 19.6 Å². The van der Waals surface area contributed by atoms with E-state index in [1.54, 1.807) is 0 Å². The summed E-state index contributed by atoms with van der Waals surface area (Å²) in [6.07, 6.45) is 1.78. The molecule has 1 aliphatic heterocycles. The Morgan fingerprint density at radius 1 is 1.62 bits per heavy atom. The lowest BCUT2D eigenvalue weighted by atomic mass is 10.3. The first-order valence-electron chi connectivity index (χ1n) is 4.87. The third-order valence-electron chi connectivity index (χ3n) is 2.15. The first-order chi connectivity index (χ1) is 7.76. The summed E-state index contributed by atoms with van der Waals surface area (Å²) in [6, 6.07) is 0. The highest BCUT2D eigenvalue weighted by atomic mass is 16.7. The highest BCUT2D eigenvalue weighted by molar-refractivity contribution is 5.99. The highest BCUT2D eigenvalue weighted by Gasteiger charge is 2.22. The Kier molecular flexibility index (Phi) is 2.86. The van der Waals surface area contributed by atoms with E-state index < -0.39 is 0 Å². The molecular formula is C9H12N4O3. The summed E-state index contributed by atoms with van der Waals surface area (Å²) in [5, 5.41) is 0. The largest absolute Gasteiger partial charge is 0.489 e. The van der Waals surface area contributed by atoms with Crippen molar-refractivity contribution in [1.82, 2.24) is 15.4 Å². The zero-order valence-electron chi connectivity index (χ0n) is 8.98. The second kappa shape index (κ2) is 4.31. The predicted molar refractivity (Wildman–Crippen MR) is 56.2 cm³/mol. The van der Waals surface area contributed by atoms with Crippen LogP contribution in [-0.4, -0.2) is 29.1 Å². The van der Waals surface area contributed by atoms with Gasteiger partial charge in [-0.1, -0.05) is 6.92 Å². The quantitative estimate of drug-likeness (QED) is 0.742. The van der Waals surface area contributed by atoms with Crippen molar-refractivity contribution in [3.05, 3.63) is 22.4 Å². The van der Waals surface area contributed by atoms with Gasteiger partial charge in [0.1, 0.15) is 0 Å². The van der Waals surface area contributed by atoms with Crippen LogP contribution in [0.15, 0.2) is 16.1 Å². The van der Waals surface area contributed by atoms with Gasteiger partial charge in [-0.3, -0.25) is 4.79 Å². The van der Waals surface area contributed by atoms with Gasteiger partial charge in [0.05, 0.1) is 13.4 Å². The van der Waals surface area contributed by atoms with Gasteiger partial charge in [0.2, 0.25) is 5.75 Å². The van der Waals surface area contributed by atoms with Crippen LogP contribution < -0.4 is 15.8 Å². The number of aliphatic imine (C=N–C) groups is 1. The molecule has 0 amide bonds. The SMILES string of the molecule is CCC1N=C(c2nc[nH]c(=O)c2OC)NO1. The molecule has 7 nitrogen and oxygen atoms in total. The van der Waals surface area contributed by atoms with Gasteiger partial charge in [-0.15, -0.1) is 0 Å². The van der Waals surface area contributed by atoms with E-state index in [0.717, 1.165) is 6.42 Å². The monoisotopic (exact) mass is 224 g/mol. The molecule has 86 valence electrons. The molecule has 1 unspecified atom stereocenters. The molecule has 0 radical (unpaired) electrons. The molecule has 16 heavy (non-hydrogen) atoms. The number of nitrogens with zero attached hydrogens (tertiary/aromatic N) is 2. The molecule has 2 N–H and O–H groups in total. The summed E-state index contributed by atoms with van der Waals surface area (Å²) >= 11 is 0. The predicted octanol–water partition coefficient (Wildman–Crippen LogP) is -0.204. The van der Waals surface area contributed by atoms with Gasteiger partial charge >= 0.3 is 0 Å². The summed E-state index contributed by atoms with van der Waals surface area (Å²) in [7, 11) is 1.41. The number of hydrogen-bond acceptors (Lipinski definition) is 6. The van der Waals surface area contributed by atoms with Gasteiger partial charge in [0, 0.05) is 0 Å². The molecule has 0 fully saturated rings. The number of aromatic amines is 1. The van der Waals surface area contributed by atoms with E-state index in [1.165, 1.54) is 13.4 Å². The van der Waals surface area contributed by atoms with Crippen molar-refractivity contribution in [2.24, 2.45) is 4.99 Å². The fraction of sp³-hybridized carbons (Fsp3) is 0.444. The fourth-order valence-corrected chi connectivity index (χ4v) is 1.35. The third-order valence-corrected chi connectivity index (χ3v) is 2.15. The van der Waals surface area contributed by atoms with Crippen LogP contribution in [0.25, 0.3) is 0 Å². The van der Waals surface area contributed by atoms with Crippen LogP contribution in [0.5, 0.6) is 5.75 Å². The Labute approximate surface area is 91.5 Å². The van der Waals surface area contributed by atoms with Crippen molar-refractivity contribution in [3.63, 3.8) is 0 Å². The van der Waals surface area contributed by atoms with Crippen LogP contribution in [0.3, 0.4) is 0 Å². The zero-order valence-corrected chi connectivity index (χ0v) is 8.98. The van der Waals surface area contributed by atoms with Crippen LogP contribution in [0, 0.1) is 0 Å². The molecule has 1 aromatic rings. The van der Waals surface area contributed by atoms with Crippen molar-refractivity contribution < 1.29 is 9.57 Å². The number of ether oxygens (including phenoxy) is 1. The normalized spacial score (nSPS) is 19.1. The van der Waals surface area contributed by atoms with E-state index >= 15 is 0 Å². The number of H-pyrrole nitrogens is 1. The summed E-state index contributed by atoms with van der Waals surface area (Å²) < 4.78 is 4.97. The minimum absolute atomic E-state index is 0.120. The van der Waals surface area contributed by atoms with Crippen molar-refractivity contribution in [2.75, 3.05) is 7.11 Å². The van der Waals surface area contributed by atoms with Crippen molar-refractivity contribution >= 4 is 5.84 Å². The first-order valence-corrected chi connectivity index (χ1v) is 4.87. The number of hydrogen-bond donors (Lipinski definition) is 2. The maximum absolute atomic E-state index is 11.4. The average molecular weight is 224 g/mol. The van der Waals surface area contributed by atoms with Crippen LogP contribution in [0.4, 0.5) is 0 Å². The Bertz CT molecular complexity index is 468. The highest BCUT2D eigenvalue weighted by Crippen LogP contribution is 2.14. The second-order valence-corrected chi connectivity index (χ2v) is 3.17. The van der Waals surface area contributed by atoms with E-state index in [4.69, 9.17) is 9.57 Å². The molecule has 0 saturated heterocycles. The van der Waals surface area contributed by atoms with Crippen molar-refractivity contribution in [3.8, 4) is 5.75 Å². The van der Waals surface area contributed by atoms with E-state index in [0.29, 0.717) is 11.5 Å². The number of methoxy groups -OCH3 is 1. The minimum Gasteiger partial charge on any atom is -0.489 e. The van der Waals surface area contributed by atoms with E-state index in [1.807, 2.05) is 6.92 Å². The molecule has 7 heteroatoms. The molecule has 1 aromatic heterocycles. The lowest BCUT2D eigenvalue weighted by Gasteiger charge is -2.04. The third kappa shape index (κ3) is 1.76. The van der Waals surface area contributed by atoms with Crippen LogP contribution >= 0.6 is 0 Å². The molecule has 0 spiro atoms. The van der Waals surface area contributed by atoms with E-state index in [2.05, 4.69) is 20.4 Å². The van der Waals surface area contributed by atoms with Gasteiger partial charge in [-0.2, -0.15) is 0 Å². The summed E-state index contributed by atoms with van der Waals surface area (Å²) in [5.74, 6) is 0.531. The molecule has 1 aliphatic rings. The van der Waals surface area contributed by atoms with Gasteiger partial charge in [-0.05, 0) is 6.42 Å². The maximum atomic E-state index is 11.4. The average Bonchev–Trinajstić information content (AvgIpc) is 2.77. The standard InChI is InChI=1S/C9H12N4O3/c1-3-5-12-8(13-16-5)6-7(15-2)9(14)11-4-10-6/h4-5H,3H2,1-2H3,(H,12,13)(H,10,11,14). The topological polar surface area (TPSA) is 88.6 Å². The van der Waals surface area contributed by atoms with Crippen LogP contribution in [0.2, 0.25) is 0 Å². The Hall–Kier alpha value is -1.89. The van der Waals surface area contributed by atoms with Crippen LogP contribution in [0.1, 0.15) is 19.0 Å². The van der Waals surface area contributed by atoms with Crippen LogP contribution in [-0.2, 0) is 4.84 Å². The zero-order chi connectivity index (χ0) is 11.5. The smallest absolute Gasteiger partial charge is 0.293 e. The fourth-order valence-electron chi connectivity index (χ4n) is 1.35. The van der Waals surface area contributed by atoms with E-state index in [9.17, 15) is 4.79 Å². The summed E-state index contributed by atoms with van der Waals surface area (Å²) in [4.78, 5) is 27.2. The molecule has 0 aliphatic carbocycles. The Morgan fingerprint density at radius 3 is 3.06 bits per heavy atom. The summed E-state index contributed by atoms with van der Waals surface area (Å²) in [5.41, 5.74) is 2.63. The number of aromatic nitrogens is 2. The molecule has 2 rings (SSSR count). The molecule has 1 atom stereocenters. The Morgan fingerprint density at radius 2 is 2.44 bits per heavy atom. The molecular weight excluding hydrogens is 212 g/mol. The van der Waals surface area contributed by atoms with Gasteiger partial charge in [-0.25, -0.2) is 20.3 Å². The molecule has 0 aromatic carbocycles. The number of nitrogens with one attached hydrogen (secondary N) is 2.